The predicted molar refractivity (Wildman–Crippen MR) is 91.6 cm³/mol. The molecule has 8 nitrogen and oxygen atoms in total. The number of carbonyl (C=O) groups excluding carboxylic acids is 1. The first-order valence-electron chi connectivity index (χ1n) is 7.42. The van der Waals surface area contributed by atoms with Gasteiger partial charge in [0.25, 0.3) is 0 Å². The van der Waals surface area contributed by atoms with Gasteiger partial charge in [0.05, 0.1) is 24.2 Å². The Hall–Kier alpha value is -2.55. The molecule has 1 amide bonds. The summed E-state index contributed by atoms with van der Waals surface area (Å²) in [6.45, 7) is 2.83. The minimum atomic E-state index is -3.66. The van der Waals surface area contributed by atoms with Gasteiger partial charge < -0.3 is 19.6 Å². The molecule has 0 fully saturated rings. The summed E-state index contributed by atoms with van der Waals surface area (Å²) in [6, 6.07) is 2.59. The second kappa shape index (κ2) is 7.14. The molecule has 1 aromatic heterocycles. The number of phenols is 1. The van der Waals surface area contributed by atoms with Crippen molar-refractivity contribution in [1.82, 2.24) is 5.32 Å². The van der Waals surface area contributed by atoms with Crippen LogP contribution in [0.4, 0.5) is 0 Å². The molecule has 0 radical (unpaired) electrons. The lowest BCUT2D eigenvalue weighted by Crippen LogP contribution is -2.27. The average Bonchev–Trinajstić information content (AvgIpc) is 2.48. The van der Waals surface area contributed by atoms with Gasteiger partial charge in [-0.25, -0.2) is 8.42 Å². The molecule has 25 heavy (non-hydrogen) atoms. The van der Waals surface area contributed by atoms with Crippen LogP contribution < -0.4 is 15.5 Å². The summed E-state index contributed by atoms with van der Waals surface area (Å²) in [7, 11) is -2.34. The summed E-state index contributed by atoms with van der Waals surface area (Å²) in [5.74, 6) is -1.21. The third kappa shape index (κ3) is 4.30. The van der Waals surface area contributed by atoms with Crippen LogP contribution in [-0.2, 0) is 20.4 Å². The standard InChI is InChI=1S/C16H19NO7S/c1-9-6-12(19)15-14(24-9)7-13(23-3)11(16(15)20)8-25(21,22)5-4-17-10(2)18/h6-7,20H,4-5,8H2,1-3H3,(H,17,18). The van der Waals surface area contributed by atoms with Crippen molar-refractivity contribution in [2.75, 3.05) is 19.4 Å². The number of phenolic OH excluding ortho intramolecular Hbond substituents is 1. The second-order valence-corrected chi connectivity index (χ2v) is 7.76. The molecule has 0 aliphatic carbocycles. The number of ether oxygens (including phenoxy) is 1. The summed E-state index contributed by atoms with van der Waals surface area (Å²) in [5.41, 5.74) is -0.386. The number of hydrogen-bond acceptors (Lipinski definition) is 7. The first kappa shape index (κ1) is 18.8. The van der Waals surface area contributed by atoms with Crippen LogP contribution in [0.5, 0.6) is 11.5 Å². The normalized spacial score (nSPS) is 11.5. The Balaban J connectivity index is 2.48. The van der Waals surface area contributed by atoms with Crippen molar-refractivity contribution < 1.29 is 27.5 Å². The molecule has 1 aromatic carbocycles. The van der Waals surface area contributed by atoms with Crippen molar-refractivity contribution in [2.24, 2.45) is 0 Å². The van der Waals surface area contributed by atoms with Gasteiger partial charge >= 0.3 is 0 Å². The Labute approximate surface area is 144 Å². The quantitative estimate of drug-likeness (QED) is 0.774. The van der Waals surface area contributed by atoms with Crippen LogP contribution in [-0.4, -0.2) is 38.8 Å². The topological polar surface area (TPSA) is 123 Å². The van der Waals surface area contributed by atoms with Crippen molar-refractivity contribution in [1.29, 1.82) is 0 Å². The largest absolute Gasteiger partial charge is 0.507 e. The number of amides is 1. The van der Waals surface area contributed by atoms with Crippen LogP contribution >= 0.6 is 0 Å². The Morgan fingerprint density at radius 1 is 1.36 bits per heavy atom. The average molecular weight is 369 g/mol. The van der Waals surface area contributed by atoms with E-state index in [0.29, 0.717) is 5.76 Å². The highest BCUT2D eigenvalue weighted by atomic mass is 32.2. The fourth-order valence-corrected chi connectivity index (χ4v) is 3.71. The first-order valence-corrected chi connectivity index (χ1v) is 9.25. The van der Waals surface area contributed by atoms with E-state index in [1.165, 1.54) is 26.2 Å². The third-order valence-corrected chi connectivity index (χ3v) is 5.11. The van der Waals surface area contributed by atoms with Gasteiger partial charge in [-0.2, -0.15) is 0 Å². The monoisotopic (exact) mass is 369 g/mol. The molecular weight excluding hydrogens is 350 g/mol. The van der Waals surface area contributed by atoms with Crippen molar-refractivity contribution in [3.05, 3.63) is 33.7 Å². The van der Waals surface area contributed by atoms with Gasteiger partial charge in [0.1, 0.15) is 28.2 Å². The van der Waals surface area contributed by atoms with E-state index in [1.807, 2.05) is 0 Å². The Morgan fingerprint density at radius 3 is 2.64 bits per heavy atom. The second-order valence-electron chi connectivity index (χ2n) is 5.58. The molecule has 2 N–H and O–H groups in total. The highest BCUT2D eigenvalue weighted by Crippen LogP contribution is 2.36. The molecule has 1 heterocycles. The number of benzene rings is 1. The summed E-state index contributed by atoms with van der Waals surface area (Å²) < 4.78 is 35.1. The lowest BCUT2D eigenvalue weighted by molar-refractivity contribution is -0.118. The summed E-state index contributed by atoms with van der Waals surface area (Å²) in [5, 5.41) is 12.7. The number of rotatable bonds is 6. The summed E-state index contributed by atoms with van der Waals surface area (Å²) in [4.78, 5) is 23.0. The SMILES string of the molecule is COc1cc2oc(C)cc(=O)c2c(O)c1CS(=O)(=O)CCNC(C)=O. The minimum absolute atomic E-state index is 0.0195. The number of fused-ring (bicyclic) bond motifs is 1. The number of hydrogen-bond donors (Lipinski definition) is 2. The van der Waals surface area contributed by atoms with Gasteiger partial charge in [0.2, 0.25) is 5.91 Å². The molecule has 0 saturated carbocycles. The van der Waals surface area contributed by atoms with E-state index in [-0.39, 0.29) is 40.5 Å². The molecule has 0 atom stereocenters. The lowest BCUT2D eigenvalue weighted by atomic mass is 10.1. The lowest BCUT2D eigenvalue weighted by Gasteiger charge is -2.13. The zero-order valence-corrected chi connectivity index (χ0v) is 14.9. The van der Waals surface area contributed by atoms with Crippen LogP contribution in [0.25, 0.3) is 11.0 Å². The molecule has 9 heteroatoms. The van der Waals surface area contributed by atoms with E-state index >= 15 is 0 Å². The minimum Gasteiger partial charge on any atom is -0.507 e. The third-order valence-electron chi connectivity index (χ3n) is 3.55. The van der Waals surface area contributed by atoms with Crippen molar-refractivity contribution in [3.8, 4) is 11.5 Å². The van der Waals surface area contributed by atoms with Crippen LogP contribution in [0.2, 0.25) is 0 Å². The number of sulfone groups is 1. The molecule has 2 aromatic rings. The summed E-state index contributed by atoms with van der Waals surface area (Å²) in [6.07, 6.45) is 0. The fraction of sp³-hybridized carbons (Fsp3) is 0.375. The van der Waals surface area contributed by atoms with Crippen LogP contribution in [0, 0.1) is 6.92 Å². The van der Waals surface area contributed by atoms with E-state index in [4.69, 9.17) is 9.15 Å². The first-order chi connectivity index (χ1) is 11.6. The van der Waals surface area contributed by atoms with Crippen LogP contribution in [0.3, 0.4) is 0 Å². The molecule has 136 valence electrons. The number of nitrogens with one attached hydrogen (secondary N) is 1. The van der Waals surface area contributed by atoms with Crippen LogP contribution in [0.1, 0.15) is 18.2 Å². The van der Waals surface area contributed by atoms with E-state index in [1.54, 1.807) is 6.92 Å². The van der Waals surface area contributed by atoms with E-state index in [0.717, 1.165) is 0 Å². The van der Waals surface area contributed by atoms with Gasteiger partial charge in [0.15, 0.2) is 15.3 Å². The Bertz CT molecular complexity index is 976. The molecule has 0 aliphatic heterocycles. The number of aryl methyl sites for hydroxylation is 1. The smallest absolute Gasteiger partial charge is 0.216 e. The maximum atomic E-state index is 12.3. The zero-order valence-electron chi connectivity index (χ0n) is 14.1. The molecule has 0 aliphatic rings. The number of carbonyl (C=O) groups is 1. The maximum Gasteiger partial charge on any atom is 0.216 e. The van der Waals surface area contributed by atoms with Crippen molar-refractivity contribution in [3.63, 3.8) is 0 Å². The van der Waals surface area contributed by atoms with Crippen molar-refractivity contribution in [2.45, 2.75) is 19.6 Å². The molecule has 0 bridgehead atoms. The Morgan fingerprint density at radius 2 is 2.04 bits per heavy atom. The maximum absolute atomic E-state index is 12.3. The summed E-state index contributed by atoms with van der Waals surface area (Å²) >= 11 is 0. The highest BCUT2D eigenvalue weighted by molar-refractivity contribution is 7.90. The van der Waals surface area contributed by atoms with Crippen molar-refractivity contribution >= 4 is 26.7 Å². The van der Waals surface area contributed by atoms with Gasteiger partial charge in [-0.15, -0.1) is 0 Å². The van der Waals surface area contributed by atoms with E-state index < -0.39 is 26.8 Å². The molecule has 2 rings (SSSR count). The van der Waals surface area contributed by atoms with E-state index in [9.17, 15) is 23.1 Å². The molecule has 0 unspecified atom stereocenters. The van der Waals surface area contributed by atoms with Gasteiger partial charge in [-0.1, -0.05) is 0 Å². The zero-order chi connectivity index (χ0) is 18.8. The Kier molecular flexibility index (Phi) is 5.36. The van der Waals surface area contributed by atoms with Gasteiger partial charge in [0, 0.05) is 25.6 Å². The van der Waals surface area contributed by atoms with Gasteiger partial charge in [-0.05, 0) is 6.92 Å². The predicted octanol–water partition coefficient (Wildman–Crippen LogP) is 0.867. The molecule has 0 saturated heterocycles. The molecular formula is C16H19NO7S. The van der Waals surface area contributed by atoms with E-state index in [2.05, 4.69) is 5.32 Å². The highest BCUT2D eigenvalue weighted by Gasteiger charge is 2.23. The number of aromatic hydroxyl groups is 1. The van der Waals surface area contributed by atoms with Gasteiger partial charge in [-0.3, -0.25) is 9.59 Å². The van der Waals surface area contributed by atoms with Crippen LogP contribution in [0.15, 0.2) is 21.3 Å². The fourth-order valence-electron chi connectivity index (χ4n) is 2.44. The molecule has 0 spiro atoms. The number of methoxy groups -OCH3 is 1.